The fourth-order valence-corrected chi connectivity index (χ4v) is 4.97. The Morgan fingerprint density at radius 2 is 1.74 bits per heavy atom. The molecule has 0 fully saturated rings. The number of hydrogen-bond acceptors (Lipinski definition) is 10. The number of para-hydroxylation sites is 2. The second-order valence-corrected chi connectivity index (χ2v) is 10.1. The Labute approximate surface area is 245 Å². The van der Waals surface area contributed by atoms with Crippen LogP contribution in [-0.2, 0) is 19.1 Å². The molecule has 2 aromatic rings. The van der Waals surface area contributed by atoms with Crippen molar-refractivity contribution >= 4 is 23.3 Å². The highest BCUT2D eigenvalue weighted by Gasteiger charge is 2.44. The number of aliphatic imine (C=N–C) groups is 1. The smallest absolute Gasteiger partial charge is 0.336 e. The van der Waals surface area contributed by atoms with Gasteiger partial charge in [0.2, 0.25) is 0 Å². The first-order valence-electron chi connectivity index (χ1n) is 14.1. The highest BCUT2D eigenvalue weighted by molar-refractivity contribution is 6.07. The molecule has 3 unspecified atom stereocenters. The number of nitrogens with zero attached hydrogens (tertiary/aromatic N) is 2. The lowest BCUT2D eigenvalue weighted by Gasteiger charge is -2.31. The van der Waals surface area contributed by atoms with Crippen LogP contribution < -0.4 is 10.1 Å². The summed E-state index contributed by atoms with van der Waals surface area (Å²) in [6, 6.07) is 15.4. The molecule has 1 aliphatic rings. The van der Waals surface area contributed by atoms with Gasteiger partial charge < -0.3 is 24.6 Å². The van der Waals surface area contributed by atoms with Gasteiger partial charge in [0.05, 0.1) is 24.2 Å². The van der Waals surface area contributed by atoms with Crippen molar-refractivity contribution in [3.8, 4) is 5.75 Å². The van der Waals surface area contributed by atoms with E-state index in [1.807, 2.05) is 30.3 Å². The molecule has 1 aliphatic heterocycles. The number of esters is 2. The average molecular weight is 582 g/mol. The molecule has 0 saturated carbocycles. The first kappa shape index (κ1) is 32.4. The zero-order valence-electron chi connectivity index (χ0n) is 24.3. The van der Waals surface area contributed by atoms with Crippen LogP contribution in [0.5, 0.6) is 5.75 Å². The minimum absolute atomic E-state index is 0.115. The summed E-state index contributed by atoms with van der Waals surface area (Å²) in [7, 11) is 1.23. The van der Waals surface area contributed by atoms with Crippen molar-refractivity contribution in [2.24, 2.45) is 10.9 Å². The molecule has 0 amide bonds. The molecule has 11 heteroatoms. The van der Waals surface area contributed by atoms with Crippen LogP contribution >= 0.6 is 0 Å². The lowest BCUT2D eigenvalue weighted by molar-refractivity contribution is -0.385. The van der Waals surface area contributed by atoms with Gasteiger partial charge in [0, 0.05) is 35.5 Å². The molecule has 0 saturated heterocycles. The molecule has 0 radical (unpaired) electrons. The number of nitrogens with one attached hydrogen (secondary N) is 1. The Hall–Kier alpha value is -4.09. The second kappa shape index (κ2) is 16.4. The summed E-state index contributed by atoms with van der Waals surface area (Å²) in [6.45, 7) is 4.80. The van der Waals surface area contributed by atoms with Gasteiger partial charge in [-0.15, -0.1) is 0 Å². The van der Waals surface area contributed by atoms with Crippen molar-refractivity contribution in [1.82, 2.24) is 5.32 Å². The lowest BCUT2D eigenvalue weighted by Crippen LogP contribution is -2.36. The van der Waals surface area contributed by atoms with Gasteiger partial charge in [-0.2, -0.15) is 0 Å². The largest absolute Gasteiger partial charge is 0.491 e. The van der Waals surface area contributed by atoms with Crippen LogP contribution in [0.3, 0.4) is 0 Å². The Morgan fingerprint density at radius 1 is 1.05 bits per heavy atom. The number of carbonyl (C=O) groups excluding carboxylic acids is 2. The fourth-order valence-electron chi connectivity index (χ4n) is 4.97. The SMILES string of the molecule is COC(=O)C1C(C)=NC(C)=C(C(=O)OCCCCCCNCC(O)COc2ccccc2)C1c1ccccc1[N+](=O)[O-]. The molecule has 0 spiro atoms. The first-order valence-corrected chi connectivity index (χ1v) is 14.1. The average Bonchev–Trinajstić information content (AvgIpc) is 2.98. The zero-order valence-corrected chi connectivity index (χ0v) is 24.3. The van der Waals surface area contributed by atoms with E-state index in [2.05, 4.69) is 10.3 Å². The van der Waals surface area contributed by atoms with E-state index >= 15 is 0 Å². The van der Waals surface area contributed by atoms with E-state index in [9.17, 15) is 24.8 Å². The van der Waals surface area contributed by atoms with Gasteiger partial charge >= 0.3 is 11.9 Å². The maximum absolute atomic E-state index is 13.3. The summed E-state index contributed by atoms with van der Waals surface area (Å²) >= 11 is 0. The molecule has 0 aliphatic carbocycles. The van der Waals surface area contributed by atoms with E-state index in [-0.39, 0.29) is 30.0 Å². The van der Waals surface area contributed by atoms with Crippen LogP contribution in [0.2, 0.25) is 0 Å². The topological polar surface area (TPSA) is 150 Å². The minimum Gasteiger partial charge on any atom is -0.491 e. The first-order chi connectivity index (χ1) is 20.2. The quantitative estimate of drug-likeness (QED) is 0.128. The molecule has 3 atom stereocenters. The van der Waals surface area contributed by atoms with Crippen molar-refractivity contribution in [3.05, 3.63) is 81.5 Å². The van der Waals surface area contributed by atoms with E-state index < -0.39 is 34.8 Å². The maximum atomic E-state index is 13.3. The molecule has 3 rings (SSSR count). The highest BCUT2D eigenvalue weighted by Crippen LogP contribution is 2.43. The number of nitro benzene ring substituents is 1. The molecular formula is C31H39N3O8. The fraction of sp³-hybridized carbons (Fsp3) is 0.452. The Bertz CT molecular complexity index is 1280. The van der Waals surface area contributed by atoms with Crippen LogP contribution in [-0.4, -0.2) is 67.2 Å². The van der Waals surface area contributed by atoms with E-state index in [0.717, 1.165) is 31.6 Å². The summed E-state index contributed by atoms with van der Waals surface area (Å²) in [5, 5.41) is 25.1. The molecule has 0 aromatic heterocycles. The number of nitro groups is 1. The van der Waals surface area contributed by atoms with Crippen LogP contribution in [0.4, 0.5) is 5.69 Å². The third kappa shape index (κ3) is 8.95. The summed E-state index contributed by atoms with van der Waals surface area (Å²) in [5.74, 6) is -2.55. The molecule has 2 aromatic carbocycles. The molecule has 1 heterocycles. The number of methoxy groups -OCH3 is 1. The van der Waals surface area contributed by atoms with Gasteiger partial charge in [0.25, 0.3) is 5.69 Å². The van der Waals surface area contributed by atoms with Crippen LogP contribution in [0.1, 0.15) is 51.0 Å². The highest BCUT2D eigenvalue weighted by atomic mass is 16.6. The van der Waals surface area contributed by atoms with Gasteiger partial charge in [0.1, 0.15) is 24.4 Å². The number of hydrogen-bond donors (Lipinski definition) is 2. The summed E-state index contributed by atoms with van der Waals surface area (Å²) in [6.07, 6.45) is 2.62. The van der Waals surface area contributed by atoms with Crippen molar-refractivity contribution < 1.29 is 33.8 Å². The van der Waals surface area contributed by atoms with E-state index in [1.165, 1.54) is 19.2 Å². The molecule has 0 bridgehead atoms. The van der Waals surface area contributed by atoms with Crippen molar-refractivity contribution in [2.75, 3.05) is 33.4 Å². The van der Waals surface area contributed by atoms with Crippen LogP contribution in [0.15, 0.2) is 70.9 Å². The lowest BCUT2D eigenvalue weighted by atomic mass is 9.75. The van der Waals surface area contributed by atoms with Gasteiger partial charge in [-0.3, -0.25) is 19.9 Å². The molecule has 11 nitrogen and oxygen atoms in total. The third-order valence-electron chi connectivity index (χ3n) is 7.02. The number of carbonyl (C=O) groups is 2. The normalized spacial score (nSPS) is 17.3. The van der Waals surface area contributed by atoms with Gasteiger partial charge in [0.15, 0.2) is 0 Å². The second-order valence-electron chi connectivity index (χ2n) is 10.1. The Balaban J connectivity index is 1.48. The summed E-state index contributed by atoms with van der Waals surface area (Å²) in [4.78, 5) is 41.8. The Kier molecular flexibility index (Phi) is 12.6. The van der Waals surface area contributed by atoms with Gasteiger partial charge in [-0.05, 0) is 45.4 Å². The minimum atomic E-state index is -1.00. The standard InChI is InChI=1S/C31H39N3O8/c1-21-27(30(36)40-3)29(25-15-9-10-16-26(25)34(38)39)28(22(2)33-21)31(37)41-18-12-5-4-11-17-32-19-23(35)20-42-24-13-7-6-8-14-24/h6-10,13-16,23,27,29,32,35H,4-5,11-12,17-20H2,1-3H3. The molecule has 42 heavy (non-hydrogen) atoms. The Morgan fingerprint density at radius 3 is 2.45 bits per heavy atom. The summed E-state index contributed by atoms with van der Waals surface area (Å²) in [5.41, 5.74) is 0.896. The van der Waals surface area contributed by atoms with E-state index in [0.29, 0.717) is 24.4 Å². The third-order valence-corrected chi connectivity index (χ3v) is 7.02. The number of benzene rings is 2. The van der Waals surface area contributed by atoms with Gasteiger partial charge in [-0.1, -0.05) is 49.2 Å². The molecule has 2 N–H and O–H groups in total. The molecule has 226 valence electrons. The van der Waals surface area contributed by atoms with Crippen LogP contribution in [0, 0.1) is 16.0 Å². The predicted molar refractivity (Wildman–Crippen MR) is 157 cm³/mol. The van der Waals surface area contributed by atoms with Gasteiger partial charge in [-0.25, -0.2) is 4.79 Å². The number of ether oxygens (including phenoxy) is 3. The van der Waals surface area contributed by atoms with Crippen molar-refractivity contribution in [1.29, 1.82) is 0 Å². The summed E-state index contributed by atoms with van der Waals surface area (Å²) < 4.78 is 16.1. The zero-order chi connectivity index (χ0) is 30.5. The maximum Gasteiger partial charge on any atom is 0.336 e. The van der Waals surface area contributed by atoms with E-state index in [1.54, 1.807) is 26.0 Å². The number of aliphatic hydroxyl groups is 1. The van der Waals surface area contributed by atoms with Crippen molar-refractivity contribution in [2.45, 2.75) is 51.6 Å². The number of aliphatic hydroxyl groups excluding tert-OH is 1. The molecular weight excluding hydrogens is 542 g/mol. The number of unbranched alkanes of at least 4 members (excludes halogenated alkanes) is 3. The van der Waals surface area contributed by atoms with E-state index in [4.69, 9.17) is 14.2 Å². The number of allylic oxidation sites excluding steroid dienone is 1. The van der Waals surface area contributed by atoms with Crippen molar-refractivity contribution in [3.63, 3.8) is 0 Å². The number of rotatable bonds is 16. The monoisotopic (exact) mass is 581 g/mol. The predicted octanol–water partition coefficient (Wildman–Crippen LogP) is 4.35. The van der Waals surface area contributed by atoms with Crippen LogP contribution in [0.25, 0.3) is 0 Å².